The monoisotopic (exact) mass is 386 g/mol. The molecular formula is C20H26N4O4. The largest absolute Gasteiger partial charge is 0.378 e. The van der Waals surface area contributed by atoms with Gasteiger partial charge >= 0.3 is 5.69 Å². The summed E-state index contributed by atoms with van der Waals surface area (Å²) in [5, 5.41) is 5.70. The molecule has 2 aromatic rings. The van der Waals surface area contributed by atoms with E-state index in [4.69, 9.17) is 4.74 Å². The van der Waals surface area contributed by atoms with Crippen molar-refractivity contribution in [3.05, 3.63) is 34.2 Å². The fraction of sp³-hybridized carbons (Fsp3) is 0.550. The van der Waals surface area contributed by atoms with Gasteiger partial charge in [0, 0.05) is 27.0 Å². The molecule has 0 saturated carbocycles. The van der Waals surface area contributed by atoms with Crippen LogP contribution in [0.1, 0.15) is 37.3 Å². The molecule has 0 aliphatic carbocycles. The lowest BCUT2D eigenvalue weighted by molar-refractivity contribution is -0.135. The highest BCUT2D eigenvalue weighted by Gasteiger charge is 2.33. The Morgan fingerprint density at radius 3 is 2.61 bits per heavy atom. The molecule has 0 spiro atoms. The van der Waals surface area contributed by atoms with Crippen LogP contribution >= 0.6 is 0 Å². The van der Waals surface area contributed by atoms with Gasteiger partial charge in [0.05, 0.1) is 16.6 Å². The number of aryl methyl sites for hydroxylation is 1. The van der Waals surface area contributed by atoms with Gasteiger partial charge in [-0.25, -0.2) is 4.79 Å². The van der Waals surface area contributed by atoms with Crippen molar-refractivity contribution in [1.29, 1.82) is 0 Å². The summed E-state index contributed by atoms with van der Waals surface area (Å²) >= 11 is 0. The van der Waals surface area contributed by atoms with Crippen molar-refractivity contribution < 1.29 is 14.3 Å². The molecule has 4 rings (SSSR count). The van der Waals surface area contributed by atoms with Gasteiger partial charge in [-0.2, -0.15) is 0 Å². The summed E-state index contributed by atoms with van der Waals surface area (Å²) in [4.78, 5) is 36.6. The molecule has 8 heteroatoms. The second kappa shape index (κ2) is 7.18. The Morgan fingerprint density at radius 1 is 1.18 bits per heavy atom. The molecule has 28 heavy (non-hydrogen) atoms. The standard InChI is InChI=1S/C20H26N4O4/c1-23-16-11-13(12-20(28-2)7-9-21-10-8-20)3-4-14(16)24(19(23)27)15-5-6-17(25)22-18(15)26/h3-4,11,15,21H,5-10,12H2,1-2H3,(H,22,25,26). The average molecular weight is 386 g/mol. The van der Waals surface area contributed by atoms with Crippen LogP contribution in [0.3, 0.4) is 0 Å². The first-order valence-corrected chi connectivity index (χ1v) is 9.73. The van der Waals surface area contributed by atoms with E-state index in [-0.39, 0.29) is 23.6 Å². The third-order valence-corrected chi connectivity index (χ3v) is 6.15. The van der Waals surface area contributed by atoms with Gasteiger partial charge in [0.15, 0.2) is 0 Å². The second-order valence-electron chi connectivity index (χ2n) is 7.82. The normalized spacial score (nSPS) is 22.4. The van der Waals surface area contributed by atoms with Crippen molar-refractivity contribution in [1.82, 2.24) is 19.8 Å². The highest BCUT2D eigenvalue weighted by Crippen LogP contribution is 2.29. The molecule has 1 aromatic carbocycles. The van der Waals surface area contributed by atoms with E-state index < -0.39 is 11.9 Å². The SMILES string of the molecule is COC1(Cc2ccc3c(c2)n(C)c(=O)n3C2CCC(=O)NC2=O)CCNCC1. The van der Waals surface area contributed by atoms with Crippen LogP contribution < -0.4 is 16.3 Å². The number of hydrogen-bond donors (Lipinski definition) is 2. The highest BCUT2D eigenvalue weighted by molar-refractivity contribution is 6.00. The first-order valence-electron chi connectivity index (χ1n) is 9.73. The topological polar surface area (TPSA) is 94.4 Å². The summed E-state index contributed by atoms with van der Waals surface area (Å²) in [5.41, 5.74) is 2.16. The van der Waals surface area contributed by atoms with Crippen LogP contribution in [0.5, 0.6) is 0 Å². The number of amides is 2. The third kappa shape index (κ3) is 3.16. The van der Waals surface area contributed by atoms with E-state index in [1.807, 2.05) is 18.2 Å². The molecule has 2 N–H and O–H groups in total. The van der Waals surface area contributed by atoms with Gasteiger partial charge in [0.1, 0.15) is 6.04 Å². The maximum atomic E-state index is 12.9. The maximum Gasteiger partial charge on any atom is 0.329 e. The Kier molecular flexibility index (Phi) is 4.84. The van der Waals surface area contributed by atoms with Crippen LogP contribution in [0.15, 0.2) is 23.0 Å². The van der Waals surface area contributed by atoms with E-state index in [0.29, 0.717) is 11.9 Å². The predicted molar refractivity (Wildman–Crippen MR) is 104 cm³/mol. The Labute approximate surface area is 162 Å². The van der Waals surface area contributed by atoms with Crippen LogP contribution in [-0.2, 0) is 27.8 Å². The molecule has 1 atom stereocenters. The van der Waals surface area contributed by atoms with Crippen molar-refractivity contribution in [2.45, 2.75) is 43.7 Å². The summed E-state index contributed by atoms with van der Waals surface area (Å²) in [6.07, 6.45) is 3.24. The van der Waals surface area contributed by atoms with Gasteiger partial charge in [-0.3, -0.25) is 24.0 Å². The third-order valence-electron chi connectivity index (χ3n) is 6.15. The summed E-state index contributed by atoms with van der Waals surface area (Å²) in [6.45, 7) is 1.86. The molecule has 1 aromatic heterocycles. The number of nitrogens with zero attached hydrogens (tertiary/aromatic N) is 2. The lowest BCUT2D eigenvalue weighted by Gasteiger charge is -2.36. The number of aromatic nitrogens is 2. The fourth-order valence-electron chi connectivity index (χ4n) is 4.46. The summed E-state index contributed by atoms with van der Waals surface area (Å²) in [6, 6.07) is 5.27. The number of benzene rings is 1. The molecule has 8 nitrogen and oxygen atoms in total. The second-order valence-corrected chi connectivity index (χ2v) is 7.82. The number of imide groups is 1. The van der Waals surface area contributed by atoms with Gasteiger partial charge in [-0.15, -0.1) is 0 Å². The first-order chi connectivity index (χ1) is 13.4. The number of rotatable bonds is 4. The van der Waals surface area contributed by atoms with Crippen LogP contribution in [0.4, 0.5) is 0 Å². The molecule has 150 valence electrons. The number of carbonyl (C=O) groups excluding carboxylic acids is 2. The minimum Gasteiger partial charge on any atom is -0.378 e. The van der Waals surface area contributed by atoms with Crippen LogP contribution in [-0.4, -0.2) is 46.7 Å². The zero-order chi connectivity index (χ0) is 19.9. The predicted octanol–water partition coefficient (Wildman–Crippen LogP) is 0.629. The van der Waals surface area contributed by atoms with E-state index in [9.17, 15) is 14.4 Å². The number of ether oxygens (including phenoxy) is 1. The van der Waals surface area contributed by atoms with Crippen molar-refractivity contribution in [3.8, 4) is 0 Å². The molecule has 0 radical (unpaired) electrons. The number of carbonyl (C=O) groups is 2. The van der Waals surface area contributed by atoms with Crippen LogP contribution in [0.2, 0.25) is 0 Å². The Bertz CT molecular complexity index is 984. The van der Waals surface area contributed by atoms with E-state index in [0.717, 1.165) is 43.4 Å². The van der Waals surface area contributed by atoms with Gasteiger partial charge in [-0.1, -0.05) is 6.07 Å². The van der Waals surface area contributed by atoms with Gasteiger partial charge in [0.2, 0.25) is 11.8 Å². The summed E-state index contributed by atoms with van der Waals surface area (Å²) in [5.74, 6) is -0.702. The Balaban J connectivity index is 1.71. The van der Waals surface area contributed by atoms with Gasteiger partial charge < -0.3 is 10.1 Å². The molecule has 2 aliphatic heterocycles. The lowest BCUT2D eigenvalue weighted by Crippen LogP contribution is -2.45. The number of imidazole rings is 1. The van der Waals surface area contributed by atoms with Crippen molar-refractivity contribution in [2.24, 2.45) is 7.05 Å². The summed E-state index contributed by atoms with van der Waals surface area (Å²) < 4.78 is 8.96. The van der Waals surface area contributed by atoms with Crippen molar-refractivity contribution >= 4 is 22.8 Å². The number of piperidine rings is 2. The number of fused-ring (bicyclic) bond motifs is 1. The Morgan fingerprint density at radius 2 is 1.93 bits per heavy atom. The number of hydrogen-bond acceptors (Lipinski definition) is 5. The van der Waals surface area contributed by atoms with Gasteiger partial charge in [0.25, 0.3) is 0 Å². The number of nitrogens with one attached hydrogen (secondary N) is 2. The molecule has 2 fully saturated rings. The zero-order valence-corrected chi connectivity index (χ0v) is 16.3. The minimum absolute atomic E-state index is 0.191. The quantitative estimate of drug-likeness (QED) is 0.752. The van der Waals surface area contributed by atoms with E-state index in [1.165, 1.54) is 4.57 Å². The van der Waals surface area contributed by atoms with E-state index >= 15 is 0 Å². The molecule has 2 aliphatic rings. The van der Waals surface area contributed by atoms with Crippen molar-refractivity contribution in [2.75, 3.05) is 20.2 Å². The van der Waals surface area contributed by atoms with E-state index in [1.54, 1.807) is 18.7 Å². The fourth-order valence-corrected chi connectivity index (χ4v) is 4.46. The molecule has 2 amide bonds. The van der Waals surface area contributed by atoms with Crippen LogP contribution in [0.25, 0.3) is 11.0 Å². The van der Waals surface area contributed by atoms with Crippen LogP contribution in [0, 0.1) is 0 Å². The smallest absolute Gasteiger partial charge is 0.329 e. The Hall–Kier alpha value is -2.45. The summed E-state index contributed by atoms with van der Waals surface area (Å²) in [7, 11) is 3.48. The molecule has 3 heterocycles. The highest BCUT2D eigenvalue weighted by atomic mass is 16.5. The van der Waals surface area contributed by atoms with E-state index in [2.05, 4.69) is 10.6 Å². The number of methoxy groups -OCH3 is 1. The first kappa shape index (κ1) is 18.9. The maximum absolute atomic E-state index is 12.9. The lowest BCUT2D eigenvalue weighted by atomic mass is 9.85. The molecule has 0 bridgehead atoms. The average Bonchev–Trinajstić information content (AvgIpc) is 2.93. The van der Waals surface area contributed by atoms with Crippen molar-refractivity contribution in [3.63, 3.8) is 0 Å². The van der Waals surface area contributed by atoms with Gasteiger partial charge in [-0.05, 0) is 50.0 Å². The molecule has 1 unspecified atom stereocenters. The zero-order valence-electron chi connectivity index (χ0n) is 16.3. The molecule has 2 saturated heterocycles. The molecular weight excluding hydrogens is 360 g/mol. The minimum atomic E-state index is -0.658.